The second-order valence-corrected chi connectivity index (χ2v) is 9.62. The van der Waals surface area contributed by atoms with E-state index in [1.165, 1.54) is 0 Å². The Bertz CT molecular complexity index is 1400. The predicted molar refractivity (Wildman–Crippen MR) is 133 cm³/mol. The molecule has 1 aliphatic heterocycles. The summed E-state index contributed by atoms with van der Waals surface area (Å²) in [6, 6.07) is 9.03. The Morgan fingerprint density at radius 1 is 1.15 bits per heavy atom. The van der Waals surface area contributed by atoms with Crippen molar-refractivity contribution in [2.75, 3.05) is 32.1 Å². The summed E-state index contributed by atoms with van der Waals surface area (Å²) in [6.45, 7) is 8.15. The second kappa shape index (κ2) is 7.95. The van der Waals surface area contributed by atoms with Crippen LogP contribution in [0.2, 0.25) is 0 Å². The molecule has 1 atom stereocenters. The van der Waals surface area contributed by atoms with Gasteiger partial charge in [0.1, 0.15) is 11.3 Å². The molecule has 0 radical (unpaired) electrons. The number of rotatable bonds is 4. The van der Waals surface area contributed by atoms with Gasteiger partial charge in [-0.3, -0.25) is 9.13 Å². The topological polar surface area (TPSA) is 72.1 Å². The van der Waals surface area contributed by atoms with Gasteiger partial charge in [0, 0.05) is 49.4 Å². The molecule has 0 spiro atoms. The fraction of sp³-hybridized carbons (Fsp3) is 0.440. The monoisotopic (exact) mass is 445 g/mol. The average Bonchev–Trinajstić information content (AvgIpc) is 3.38. The molecule has 4 heterocycles. The van der Waals surface area contributed by atoms with Crippen LogP contribution in [0.4, 0.5) is 5.82 Å². The van der Waals surface area contributed by atoms with Crippen LogP contribution in [0.25, 0.3) is 33.2 Å². The number of benzene rings is 1. The van der Waals surface area contributed by atoms with Crippen LogP contribution in [0.1, 0.15) is 31.9 Å². The Hall–Kier alpha value is -3.26. The lowest BCUT2D eigenvalue weighted by Crippen LogP contribution is -2.31. The summed E-state index contributed by atoms with van der Waals surface area (Å²) in [6.07, 6.45) is 3.12. The lowest BCUT2D eigenvalue weighted by atomic mass is 9.99. The minimum Gasteiger partial charge on any atom is -0.355 e. The molecule has 0 saturated carbocycles. The van der Waals surface area contributed by atoms with Gasteiger partial charge < -0.3 is 9.80 Å². The quantitative estimate of drug-likeness (QED) is 0.480. The number of hydrogen-bond donors (Lipinski definition) is 0. The summed E-state index contributed by atoms with van der Waals surface area (Å²) < 4.78 is 3.38. The number of aromatic nitrogens is 5. The van der Waals surface area contributed by atoms with Crippen LogP contribution in [0.3, 0.4) is 0 Å². The number of fused-ring (bicyclic) bond motifs is 3. The van der Waals surface area contributed by atoms with Crippen LogP contribution in [-0.2, 0) is 7.05 Å². The van der Waals surface area contributed by atoms with Gasteiger partial charge >= 0.3 is 5.69 Å². The first kappa shape index (κ1) is 21.6. The van der Waals surface area contributed by atoms with Gasteiger partial charge in [0.05, 0.1) is 5.52 Å². The van der Waals surface area contributed by atoms with E-state index in [9.17, 15) is 4.79 Å². The van der Waals surface area contributed by atoms with Gasteiger partial charge in [0.2, 0.25) is 0 Å². The van der Waals surface area contributed by atoms with Gasteiger partial charge in [-0.15, -0.1) is 10.2 Å². The summed E-state index contributed by atoms with van der Waals surface area (Å²) >= 11 is 0. The van der Waals surface area contributed by atoms with Crippen molar-refractivity contribution >= 4 is 27.9 Å². The minimum atomic E-state index is -0.0726. The molecule has 1 aromatic carbocycles. The molecule has 5 rings (SSSR count). The van der Waals surface area contributed by atoms with E-state index in [4.69, 9.17) is 4.98 Å². The largest absolute Gasteiger partial charge is 0.355 e. The highest BCUT2D eigenvalue weighted by Gasteiger charge is 2.25. The predicted octanol–water partition coefficient (Wildman–Crippen LogP) is 3.37. The van der Waals surface area contributed by atoms with Gasteiger partial charge in [0.15, 0.2) is 5.65 Å². The van der Waals surface area contributed by atoms with Gasteiger partial charge in [-0.25, -0.2) is 9.78 Å². The van der Waals surface area contributed by atoms with Crippen molar-refractivity contribution in [1.29, 1.82) is 0 Å². The molecule has 4 aromatic rings. The van der Waals surface area contributed by atoms with Crippen LogP contribution in [-0.4, -0.2) is 62.4 Å². The first-order valence-corrected chi connectivity index (χ1v) is 11.5. The normalized spacial score (nSPS) is 16.7. The third-order valence-electron chi connectivity index (χ3n) is 6.91. The van der Waals surface area contributed by atoms with Crippen LogP contribution in [0.15, 0.2) is 35.3 Å². The molecule has 33 heavy (non-hydrogen) atoms. The third-order valence-corrected chi connectivity index (χ3v) is 6.91. The smallest absolute Gasteiger partial charge is 0.330 e. The number of aryl methyl sites for hydroxylation is 2. The van der Waals surface area contributed by atoms with Crippen molar-refractivity contribution in [2.45, 2.75) is 39.3 Å². The Morgan fingerprint density at radius 2 is 1.94 bits per heavy atom. The van der Waals surface area contributed by atoms with Crippen LogP contribution < -0.4 is 10.6 Å². The van der Waals surface area contributed by atoms with E-state index in [-0.39, 0.29) is 11.7 Å². The van der Waals surface area contributed by atoms with Crippen molar-refractivity contribution in [3.63, 3.8) is 0 Å². The zero-order valence-corrected chi connectivity index (χ0v) is 20.2. The van der Waals surface area contributed by atoms with Crippen molar-refractivity contribution in [3.05, 3.63) is 46.5 Å². The zero-order chi connectivity index (χ0) is 23.4. The number of likely N-dealkylation sites (N-methyl/N-ethyl adjacent to an activating group) is 1. The maximum absolute atomic E-state index is 12.9. The molecule has 3 aromatic heterocycles. The summed E-state index contributed by atoms with van der Waals surface area (Å²) in [5, 5.41) is 9.71. The molecule has 172 valence electrons. The van der Waals surface area contributed by atoms with Gasteiger partial charge in [-0.05, 0) is 76.7 Å². The SMILES string of the molecule is Cc1cc2nnc3c(c2cc1-c1ccc(N2CC[C@@H](N(C)C)C2)nc1)n(C(C)C)c(=O)n3C. The van der Waals surface area contributed by atoms with E-state index < -0.39 is 0 Å². The Morgan fingerprint density at radius 3 is 2.58 bits per heavy atom. The average molecular weight is 446 g/mol. The van der Waals surface area contributed by atoms with Gasteiger partial charge in [0.25, 0.3) is 0 Å². The van der Waals surface area contributed by atoms with Crippen LogP contribution in [0, 0.1) is 6.92 Å². The minimum absolute atomic E-state index is 0.0192. The number of pyridine rings is 1. The number of imidazole rings is 1. The van der Waals surface area contributed by atoms with Gasteiger partial charge in [-0.1, -0.05) is 0 Å². The molecule has 1 fully saturated rings. The highest BCUT2D eigenvalue weighted by molar-refractivity contribution is 6.03. The third kappa shape index (κ3) is 3.49. The van der Waals surface area contributed by atoms with E-state index in [2.05, 4.69) is 65.3 Å². The molecule has 0 bridgehead atoms. The molecule has 8 heteroatoms. The van der Waals surface area contributed by atoms with E-state index >= 15 is 0 Å². The number of anilines is 1. The Kier molecular flexibility index (Phi) is 5.20. The number of nitrogens with zero attached hydrogens (tertiary/aromatic N) is 7. The molecule has 0 amide bonds. The highest BCUT2D eigenvalue weighted by Crippen LogP contribution is 2.32. The maximum atomic E-state index is 12.9. The zero-order valence-electron chi connectivity index (χ0n) is 20.2. The maximum Gasteiger partial charge on any atom is 0.330 e. The Labute approximate surface area is 193 Å². The highest BCUT2D eigenvalue weighted by atomic mass is 16.1. The van der Waals surface area contributed by atoms with Crippen molar-refractivity contribution in [1.82, 2.24) is 29.2 Å². The van der Waals surface area contributed by atoms with E-state index in [1.807, 2.05) is 20.0 Å². The lowest BCUT2D eigenvalue weighted by molar-refractivity contribution is 0.315. The second-order valence-electron chi connectivity index (χ2n) is 9.62. The van der Waals surface area contributed by atoms with Crippen LogP contribution in [0.5, 0.6) is 0 Å². The fourth-order valence-electron chi connectivity index (χ4n) is 4.94. The first-order valence-electron chi connectivity index (χ1n) is 11.5. The lowest BCUT2D eigenvalue weighted by Gasteiger charge is -2.21. The number of hydrogen-bond acceptors (Lipinski definition) is 6. The standard InChI is InChI=1S/C25H31N7O/c1-15(2)32-23-20-12-19(16(3)11-21(20)27-28-24(23)30(6)25(32)33)17-7-8-22(26-13-17)31-10-9-18(14-31)29(4)5/h7-8,11-13,15,18H,9-10,14H2,1-6H3/t18-/m1/s1. The summed E-state index contributed by atoms with van der Waals surface area (Å²) in [5.41, 5.74) is 5.41. The molecule has 0 N–H and O–H groups in total. The fourth-order valence-corrected chi connectivity index (χ4v) is 4.94. The molecule has 1 aliphatic rings. The summed E-state index contributed by atoms with van der Waals surface area (Å²) in [5.74, 6) is 1.02. The molecule has 8 nitrogen and oxygen atoms in total. The molecule has 1 saturated heterocycles. The Balaban J connectivity index is 1.60. The van der Waals surface area contributed by atoms with Gasteiger partial charge in [-0.2, -0.15) is 0 Å². The molecular formula is C25H31N7O. The van der Waals surface area contributed by atoms with Crippen molar-refractivity contribution in [2.24, 2.45) is 7.05 Å². The summed E-state index contributed by atoms with van der Waals surface area (Å²) in [4.78, 5) is 22.3. The first-order chi connectivity index (χ1) is 15.8. The van der Waals surface area contributed by atoms with E-state index in [1.54, 1.807) is 16.2 Å². The molecular weight excluding hydrogens is 414 g/mol. The van der Waals surface area contributed by atoms with E-state index in [0.29, 0.717) is 11.7 Å². The van der Waals surface area contributed by atoms with Crippen molar-refractivity contribution in [3.8, 4) is 11.1 Å². The molecule has 0 unspecified atom stereocenters. The van der Waals surface area contributed by atoms with E-state index in [0.717, 1.165) is 58.4 Å². The van der Waals surface area contributed by atoms with Crippen molar-refractivity contribution < 1.29 is 0 Å². The van der Waals surface area contributed by atoms with Crippen LogP contribution >= 0.6 is 0 Å². The summed E-state index contributed by atoms with van der Waals surface area (Å²) in [7, 11) is 6.03. The molecule has 0 aliphatic carbocycles.